The summed E-state index contributed by atoms with van der Waals surface area (Å²) in [5.41, 5.74) is 1.86. The number of carbonyl (C=O) groups excluding carboxylic acids is 2. The number of hydrogen-bond acceptors (Lipinski definition) is 5. The summed E-state index contributed by atoms with van der Waals surface area (Å²) in [5.74, 6) is 1.21. The number of fused-ring (bicyclic) bond motifs is 1. The van der Waals surface area contributed by atoms with E-state index in [9.17, 15) is 9.59 Å². The van der Waals surface area contributed by atoms with Crippen LogP contribution in [0.5, 0.6) is 11.5 Å². The average Bonchev–Trinajstić information content (AvgIpc) is 2.75. The van der Waals surface area contributed by atoms with E-state index in [0.29, 0.717) is 24.5 Å². The van der Waals surface area contributed by atoms with Crippen molar-refractivity contribution in [1.82, 2.24) is 10.2 Å². The van der Waals surface area contributed by atoms with Gasteiger partial charge in [0.1, 0.15) is 11.5 Å². The summed E-state index contributed by atoms with van der Waals surface area (Å²) < 4.78 is 11.1. The van der Waals surface area contributed by atoms with Gasteiger partial charge in [-0.2, -0.15) is 0 Å². The molecule has 0 spiro atoms. The van der Waals surface area contributed by atoms with Gasteiger partial charge < -0.3 is 24.6 Å². The zero-order valence-corrected chi connectivity index (χ0v) is 19.8. The van der Waals surface area contributed by atoms with Crippen LogP contribution in [0, 0.1) is 6.92 Å². The number of aryl methyl sites for hydroxylation is 1. The van der Waals surface area contributed by atoms with Gasteiger partial charge >= 0.3 is 0 Å². The maximum atomic E-state index is 13.0. The van der Waals surface area contributed by atoms with E-state index in [0.717, 1.165) is 16.9 Å². The maximum Gasteiger partial charge on any atom is 0.270 e. The van der Waals surface area contributed by atoms with E-state index in [1.54, 1.807) is 25.9 Å². The molecule has 2 amide bonds. The predicted octanol–water partition coefficient (Wildman–Crippen LogP) is 3.32. The molecule has 1 atom stereocenters. The molecule has 1 aliphatic heterocycles. The summed E-state index contributed by atoms with van der Waals surface area (Å²) in [6, 6.07) is 13.6. The van der Waals surface area contributed by atoms with Crippen molar-refractivity contribution in [3.8, 4) is 11.5 Å². The molecule has 2 aromatic rings. The molecule has 32 heavy (non-hydrogen) atoms. The number of amides is 2. The van der Waals surface area contributed by atoms with Crippen LogP contribution in [0.2, 0.25) is 0 Å². The Kier molecular flexibility index (Phi) is 7.09. The molecule has 1 N–H and O–H groups in total. The van der Waals surface area contributed by atoms with Gasteiger partial charge in [-0.25, -0.2) is 0 Å². The largest absolute Gasteiger partial charge is 0.497 e. The molecule has 3 rings (SSSR count). The van der Waals surface area contributed by atoms with Crippen LogP contribution in [0.25, 0.3) is 0 Å². The van der Waals surface area contributed by atoms with Crippen LogP contribution < -0.4 is 19.7 Å². The SMILES string of the molecule is COc1ccc(C(CNC(=O)CCN2C(=O)C(C)(C)Oc3ccc(C)cc32)N(C)C)cc1. The first-order valence-corrected chi connectivity index (χ1v) is 10.8. The number of hydrogen-bond donors (Lipinski definition) is 1. The third-order valence-corrected chi connectivity index (χ3v) is 5.71. The number of nitrogens with zero attached hydrogens (tertiary/aromatic N) is 2. The molecule has 0 radical (unpaired) electrons. The van der Waals surface area contributed by atoms with E-state index in [2.05, 4.69) is 10.2 Å². The zero-order valence-electron chi connectivity index (χ0n) is 19.8. The Morgan fingerprint density at radius 2 is 1.88 bits per heavy atom. The topological polar surface area (TPSA) is 71.1 Å². The third-order valence-electron chi connectivity index (χ3n) is 5.71. The number of anilines is 1. The molecule has 172 valence electrons. The van der Waals surface area contributed by atoms with Crippen LogP contribution in [0.1, 0.15) is 37.4 Å². The van der Waals surface area contributed by atoms with E-state index in [1.165, 1.54) is 0 Å². The summed E-state index contributed by atoms with van der Waals surface area (Å²) >= 11 is 0. The van der Waals surface area contributed by atoms with Gasteiger partial charge in [-0.1, -0.05) is 18.2 Å². The van der Waals surface area contributed by atoms with Gasteiger partial charge in [0.15, 0.2) is 5.60 Å². The van der Waals surface area contributed by atoms with E-state index >= 15 is 0 Å². The fourth-order valence-electron chi connectivity index (χ4n) is 3.84. The van der Waals surface area contributed by atoms with Crippen LogP contribution >= 0.6 is 0 Å². The maximum absolute atomic E-state index is 13.0. The quantitative estimate of drug-likeness (QED) is 0.683. The van der Waals surface area contributed by atoms with E-state index in [1.807, 2.05) is 63.5 Å². The van der Waals surface area contributed by atoms with E-state index in [4.69, 9.17) is 9.47 Å². The van der Waals surface area contributed by atoms with Crippen molar-refractivity contribution < 1.29 is 19.1 Å². The molecule has 1 heterocycles. The minimum Gasteiger partial charge on any atom is -0.497 e. The van der Waals surface area contributed by atoms with Crippen molar-refractivity contribution in [2.45, 2.75) is 38.8 Å². The number of nitrogens with one attached hydrogen (secondary N) is 1. The van der Waals surface area contributed by atoms with Crippen molar-refractivity contribution in [1.29, 1.82) is 0 Å². The highest BCUT2D eigenvalue weighted by atomic mass is 16.5. The van der Waals surface area contributed by atoms with Gasteiger partial charge in [-0.15, -0.1) is 0 Å². The lowest BCUT2D eigenvalue weighted by molar-refractivity contribution is -0.132. The highest BCUT2D eigenvalue weighted by molar-refractivity contribution is 6.02. The van der Waals surface area contributed by atoms with Crippen LogP contribution in [0.3, 0.4) is 0 Å². The summed E-state index contributed by atoms with van der Waals surface area (Å²) in [5, 5.41) is 3.02. The number of carbonyl (C=O) groups is 2. The number of ether oxygens (including phenoxy) is 2. The van der Waals surface area contributed by atoms with Crippen molar-refractivity contribution in [2.75, 3.05) is 39.2 Å². The normalized spacial score (nSPS) is 15.7. The molecule has 7 nitrogen and oxygen atoms in total. The van der Waals surface area contributed by atoms with Gasteiger partial charge in [0.2, 0.25) is 5.91 Å². The zero-order chi connectivity index (χ0) is 23.5. The molecular formula is C25H33N3O4. The summed E-state index contributed by atoms with van der Waals surface area (Å²) in [6.45, 7) is 6.24. The molecule has 1 aliphatic rings. The van der Waals surface area contributed by atoms with Crippen molar-refractivity contribution in [3.05, 3.63) is 53.6 Å². The minimum atomic E-state index is -0.969. The van der Waals surface area contributed by atoms with Gasteiger partial charge in [0.05, 0.1) is 18.8 Å². The fraction of sp³-hybridized carbons (Fsp3) is 0.440. The molecule has 0 saturated heterocycles. The average molecular weight is 440 g/mol. The molecule has 0 fully saturated rings. The molecule has 7 heteroatoms. The summed E-state index contributed by atoms with van der Waals surface area (Å²) in [4.78, 5) is 29.4. The number of rotatable bonds is 8. The second-order valence-corrected chi connectivity index (χ2v) is 8.85. The van der Waals surface area contributed by atoms with Gasteiger partial charge in [-0.05, 0) is 70.3 Å². The number of methoxy groups -OCH3 is 1. The lowest BCUT2D eigenvalue weighted by atomic mass is 10.0. The highest BCUT2D eigenvalue weighted by Gasteiger charge is 2.40. The van der Waals surface area contributed by atoms with E-state index in [-0.39, 0.29) is 24.3 Å². The summed E-state index contributed by atoms with van der Waals surface area (Å²) in [6.07, 6.45) is 0.206. The van der Waals surface area contributed by atoms with Gasteiger partial charge in [0.25, 0.3) is 5.91 Å². The molecule has 1 unspecified atom stereocenters. The second-order valence-electron chi connectivity index (χ2n) is 8.85. The molecule has 0 bridgehead atoms. The predicted molar refractivity (Wildman–Crippen MR) is 125 cm³/mol. The Hall–Kier alpha value is -3.06. The van der Waals surface area contributed by atoms with Crippen LogP contribution in [-0.4, -0.2) is 56.6 Å². The van der Waals surface area contributed by atoms with Crippen LogP contribution in [0.15, 0.2) is 42.5 Å². The van der Waals surface area contributed by atoms with Gasteiger partial charge in [-0.3, -0.25) is 9.59 Å². The fourth-order valence-corrected chi connectivity index (χ4v) is 3.84. The standard InChI is InChI=1S/C25H33N3O4/c1-17-7-12-22-20(15-17)28(24(30)25(2,3)32-22)14-13-23(29)26-16-21(27(4)5)18-8-10-19(31-6)11-9-18/h7-12,15,21H,13-14,16H2,1-6H3,(H,26,29). The molecule has 2 aromatic carbocycles. The monoisotopic (exact) mass is 439 g/mol. The Morgan fingerprint density at radius 1 is 1.19 bits per heavy atom. The van der Waals surface area contributed by atoms with E-state index < -0.39 is 5.60 Å². The Morgan fingerprint density at radius 3 is 2.50 bits per heavy atom. The molecule has 0 aliphatic carbocycles. The first-order chi connectivity index (χ1) is 15.1. The van der Waals surface area contributed by atoms with Crippen LogP contribution in [0.4, 0.5) is 5.69 Å². The highest BCUT2D eigenvalue weighted by Crippen LogP contribution is 2.38. The minimum absolute atomic E-state index is 0.0252. The molecule has 0 saturated carbocycles. The second kappa shape index (κ2) is 9.61. The van der Waals surface area contributed by atoms with Crippen molar-refractivity contribution in [2.24, 2.45) is 0 Å². The summed E-state index contributed by atoms with van der Waals surface area (Å²) in [7, 11) is 5.60. The number of likely N-dealkylation sites (N-methyl/N-ethyl adjacent to an activating group) is 1. The third kappa shape index (κ3) is 5.22. The first-order valence-electron chi connectivity index (χ1n) is 10.8. The number of benzene rings is 2. The van der Waals surface area contributed by atoms with Crippen LogP contribution in [-0.2, 0) is 9.59 Å². The smallest absolute Gasteiger partial charge is 0.270 e. The van der Waals surface area contributed by atoms with Crippen molar-refractivity contribution >= 4 is 17.5 Å². The first kappa shape index (κ1) is 23.6. The Bertz CT molecular complexity index is 970. The lowest BCUT2D eigenvalue weighted by Gasteiger charge is -2.39. The van der Waals surface area contributed by atoms with Gasteiger partial charge in [0, 0.05) is 19.5 Å². The Balaban J connectivity index is 1.64. The molecular weight excluding hydrogens is 406 g/mol. The lowest BCUT2D eigenvalue weighted by Crippen LogP contribution is -2.53. The van der Waals surface area contributed by atoms with Crippen molar-refractivity contribution in [3.63, 3.8) is 0 Å². The molecule has 0 aromatic heterocycles. The Labute approximate surface area is 190 Å².